The molecule has 2 heterocycles. The Morgan fingerprint density at radius 3 is 2.96 bits per heavy atom. The molecular formula is C16H22FN5O3. The van der Waals surface area contributed by atoms with Crippen LogP contribution in [-0.4, -0.2) is 50.5 Å². The molecule has 8 nitrogen and oxygen atoms in total. The fourth-order valence-corrected chi connectivity index (χ4v) is 2.33. The Bertz CT molecular complexity index is 672. The lowest BCUT2D eigenvalue weighted by Crippen LogP contribution is -2.27. The van der Waals surface area contributed by atoms with Crippen LogP contribution in [0.4, 0.5) is 10.1 Å². The van der Waals surface area contributed by atoms with E-state index in [0.29, 0.717) is 18.1 Å². The van der Waals surface area contributed by atoms with Gasteiger partial charge in [0.2, 0.25) is 11.8 Å². The number of ether oxygens (including phenoxy) is 2. The van der Waals surface area contributed by atoms with E-state index >= 15 is 0 Å². The van der Waals surface area contributed by atoms with Gasteiger partial charge < -0.3 is 25.8 Å². The van der Waals surface area contributed by atoms with Crippen molar-refractivity contribution in [1.29, 1.82) is 0 Å². The molecule has 0 radical (unpaired) electrons. The third-order valence-electron chi connectivity index (χ3n) is 3.58. The Kier molecular flexibility index (Phi) is 6.70. The monoisotopic (exact) mass is 351 g/mol. The molecule has 0 unspecified atom stereocenters. The van der Waals surface area contributed by atoms with Gasteiger partial charge in [0.1, 0.15) is 5.82 Å². The predicted molar refractivity (Wildman–Crippen MR) is 92.0 cm³/mol. The van der Waals surface area contributed by atoms with Crippen LogP contribution in [0.1, 0.15) is 12.8 Å². The van der Waals surface area contributed by atoms with E-state index in [2.05, 4.69) is 20.6 Å². The van der Waals surface area contributed by atoms with Crippen LogP contribution in [-0.2, 0) is 9.53 Å². The summed E-state index contributed by atoms with van der Waals surface area (Å²) in [6, 6.07) is 2.65. The van der Waals surface area contributed by atoms with Gasteiger partial charge in [-0.3, -0.25) is 9.79 Å². The van der Waals surface area contributed by atoms with E-state index in [1.165, 1.54) is 25.5 Å². The number of rotatable bonds is 7. The van der Waals surface area contributed by atoms with Gasteiger partial charge in [0, 0.05) is 37.7 Å². The first kappa shape index (κ1) is 18.7. The molecule has 1 atom stereocenters. The van der Waals surface area contributed by atoms with Gasteiger partial charge in [-0.25, -0.2) is 0 Å². The van der Waals surface area contributed by atoms with E-state index in [4.69, 9.17) is 15.2 Å². The number of nitrogens with zero attached hydrogens (tertiary/aromatic N) is 2. The van der Waals surface area contributed by atoms with Gasteiger partial charge in [-0.05, 0) is 12.8 Å². The molecule has 0 saturated carbocycles. The summed E-state index contributed by atoms with van der Waals surface area (Å²) in [5.41, 5.74) is 5.95. The van der Waals surface area contributed by atoms with E-state index in [0.717, 1.165) is 19.4 Å². The van der Waals surface area contributed by atoms with Gasteiger partial charge in [-0.15, -0.1) is 0 Å². The van der Waals surface area contributed by atoms with E-state index in [1.807, 2.05) is 0 Å². The standard InChI is InChI=1S/C16H22FN5O3/c1-19-16(21-11-6-13(17)22-14(7-11)24-2)12(15(18)23)8-20-10-4-3-5-25-9-10/h6-8,10,19H,3-5,9H2,1-2H3,(H2,18,23)(H,21,22)/t10-/m1/s1. The van der Waals surface area contributed by atoms with Crippen molar-refractivity contribution in [2.45, 2.75) is 18.9 Å². The molecule has 4 N–H and O–H groups in total. The van der Waals surface area contributed by atoms with E-state index in [1.54, 1.807) is 7.05 Å². The van der Waals surface area contributed by atoms with Crippen molar-refractivity contribution in [2.75, 3.05) is 32.7 Å². The molecule has 1 aromatic rings. The largest absolute Gasteiger partial charge is 0.481 e. The van der Waals surface area contributed by atoms with Crippen molar-refractivity contribution >= 4 is 17.8 Å². The van der Waals surface area contributed by atoms with Crippen molar-refractivity contribution < 1.29 is 18.7 Å². The average molecular weight is 351 g/mol. The van der Waals surface area contributed by atoms with Crippen LogP contribution >= 0.6 is 0 Å². The van der Waals surface area contributed by atoms with Crippen LogP contribution in [0.25, 0.3) is 0 Å². The average Bonchev–Trinajstić information content (AvgIpc) is 2.61. The number of primary amides is 1. The Hall–Kier alpha value is -2.68. The van der Waals surface area contributed by atoms with Crippen molar-refractivity contribution in [1.82, 2.24) is 10.3 Å². The first-order valence-electron chi connectivity index (χ1n) is 7.84. The molecule has 136 valence electrons. The van der Waals surface area contributed by atoms with Crippen molar-refractivity contribution in [3.63, 3.8) is 0 Å². The topological polar surface area (TPSA) is 111 Å². The number of anilines is 1. The number of methoxy groups -OCH3 is 1. The zero-order chi connectivity index (χ0) is 18.2. The molecule has 1 aliphatic heterocycles. The molecule has 9 heteroatoms. The number of amides is 1. The molecule has 0 aliphatic carbocycles. The normalized spacial score (nSPS) is 18.6. The second-order valence-corrected chi connectivity index (χ2v) is 5.40. The summed E-state index contributed by atoms with van der Waals surface area (Å²) in [5.74, 6) is -0.989. The van der Waals surface area contributed by atoms with Crippen molar-refractivity contribution in [3.05, 3.63) is 29.5 Å². The van der Waals surface area contributed by atoms with Gasteiger partial charge >= 0.3 is 0 Å². The van der Waals surface area contributed by atoms with Crippen LogP contribution in [0, 0.1) is 5.95 Å². The SMILES string of the molecule is CNC(Nc1cc(F)nc(OC)c1)=C(C=N[C@@H]1CCCOC1)C(N)=O. The summed E-state index contributed by atoms with van der Waals surface area (Å²) in [4.78, 5) is 19.7. The smallest absolute Gasteiger partial charge is 0.253 e. The van der Waals surface area contributed by atoms with Crippen molar-refractivity contribution in [3.8, 4) is 5.88 Å². The maximum atomic E-state index is 13.5. The van der Waals surface area contributed by atoms with Gasteiger partial charge in [0.25, 0.3) is 5.91 Å². The minimum Gasteiger partial charge on any atom is -0.481 e. The molecule has 1 amide bonds. The highest BCUT2D eigenvalue weighted by molar-refractivity contribution is 6.12. The zero-order valence-corrected chi connectivity index (χ0v) is 14.2. The minimum absolute atomic E-state index is 0.0142. The first-order valence-corrected chi connectivity index (χ1v) is 7.84. The van der Waals surface area contributed by atoms with Gasteiger partial charge in [0.05, 0.1) is 25.3 Å². The predicted octanol–water partition coefficient (Wildman–Crippen LogP) is 0.807. The molecule has 0 spiro atoms. The molecular weight excluding hydrogens is 329 g/mol. The summed E-state index contributed by atoms with van der Waals surface area (Å²) in [5, 5.41) is 5.74. The second-order valence-electron chi connectivity index (χ2n) is 5.40. The molecule has 1 aromatic heterocycles. The molecule has 1 fully saturated rings. The molecule has 1 aliphatic rings. The highest BCUT2D eigenvalue weighted by atomic mass is 19.1. The Morgan fingerprint density at radius 1 is 1.56 bits per heavy atom. The third kappa shape index (κ3) is 5.42. The maximum Gasteiger partial charge on any atom is 0.253 e. The number of halogens is 1. The Labute approximate surface area is 145 Å². The number of pyridine rings is 1. The molecule has 1 saturated heterocycles. The summed E-state index contributed by atoms with van der Waals surface area (Å²) in [6.45, 7) is 1.24. The molecule has 25 heavy (non-hydrogen) atoms. The molecule has 0 bridgehead atoms. The number of nitrogens with one attached hydrogen (secondary N) is 2. The second kappa shape index (κ2) is 8.97. The summed E-state index contributed by atoms with van der Waals surface area (Å²) in [7, 11) is 2.99. The van der Waals surface area contributed by atoms with E-state index < -0.39 is 11.9 Å². The zero-order valence-electron chi connectivity index (χ0n) is 14.2. The first-order chi connectivity index (χ1) is 12.0. The number of carbonyl (C=O) groups excluding carboxylic acids is 1. The Morgan fingerprint density at radius 2 is 2.36 bits per heavy atom. The maximum absolute atomic E-state index is 13.5. The fraction of sp³-hybridized carbons (Fsp3) is 0.438. The molecule has 0 aromatic carbocycles. The van der Waals surface area contributed by atoms with Crippen LogP contribution in [0.15, 0.2) is 28.5 Å². The fourth-order valence-electron chi connectivity index (χ4n) is 2.33. The van der Waals surface area contributed by atoms with E-state index in [9.17, 15) is 9.18 Å². The summed E-state index contributed by atoms with van der Waals surface area (Å²) < 4.78 is 23.8. The lowest BCUT2D eigenvalue weighted by atomic mass is 10.1. The van der Waals surface area contributed by atoms with Crippen LogP contribution < -0.4 is 21.1 Å². The number of hydrogen-bond acceptors (Lipinski definition) is 7. The highest BCUT2D eigenvalue weighted by Gasteiger charge is 2.15. The lowest BCUT2D eigenvalue weighted by molar-refractivity contribution is -0.114. The number of nitrogens with two attached hydrogens (primary N) is 1. The van der Waals surface area contributed by atoms with Gasteiger partial charge in [0.15, 0.2) is 0 Å². The van der Waals surface area contributed by atoms with Crippen molar-refractivity contribution in [2.24, 2.45) is 10.7 Å². The third-order valence-corrected chi connectivity index (χ3v) is 3.58. The van der Waals surface area contributed by atoms with Crippen LogP contribution in [0.3, 0.4) is 0 Å². The summed E-state index contributed by atoms with van der Waals surface area (Å²) in [6.07, 6.45) is 3.22. The number of aromatic nitrogens is 1. The van der Waals surface area contributed by atoms with Crippen LogP contribution in [0.5, 0.6) is 5.88 Å². The van der Waals surface area contributed by atoms with E-state index in [-0.39, 0.29) is 17.5 Å². The minimum atomic E-state index is -0.717. The number of aliphatic imine (C=N–C) groups is 1. The highest BCUT2D eigenvalue weighted by Crippen LogP contribution is 2.18. The Balaban J connectivity index is 2.26. The van der Waals surface area contributed by atoms with Crippen LogP contribution in [0.2, 0.25) is 0 Å². The van der Waals surface area contributed by atoms with Gasteiger partial charge in [-0.1, -0.05) is 0 Å². The number of carbonyl (C=O) groups is 1. The summed E-state index contributed by atoms with van der Waals surface area (Å²) >= 11 is 0. The van der Waals surface area contributed by atoms with Gasteiger partial charge in [-0.2, -0.15) is 9.37 Å². The quantitative estimate of drug-likeness (QED) is 0.381. The molecule has 2 rings (SSSR count). The number of hydrogen-bond donors (Lipinski definition) is 3. The lowest BCUT2D eigenvalue weighted by Gasteiger charge is -2.18.